The molecular formula is C15H15N9O5S. The largest absolute Gasteiger partial charge is 0.419 e. The Hall–Kier alpha value is -4.14. The zero-order chi connectivity index (χ0) is 21.9. The van der Waals surface area contributed by atoms with Gasteiger partial charge in [0, 0.05) is 12.4 Å². The fourth-order valence-corrected chi connectivity index (χ4v) is 2.80. The molecule has 0 atom stereocenters. The van der Waals surface area contributed by atoms with Gasteiger partial charge < -0.3 is 16.2 Å². The minimum absolute atomic E-state index is 0.0249. The van der Waals surface area contributed by atoms with Gasteiger partial charge in [0.05, 0.1) is 23.9 Å². The summed E-state index contributed by atoms with van der Waals surface area (Å²) in [6.07, 6.45) is 4.13. The minimum atomic E-state index is -3.70. The van der Waals surface area contributed by atoms with E-state index >= 15 is 0 Å². The summed E-state index contributed by atoms with van der Waals surface area (Å²) in [5, 5.41) is 3.97. The summed E-state index contributed by atoms with van der Waals surface area (Å²) < 4.78 is 30.8. The average Bonchev–Trinajstić information content (AvgIpc) is 3.12. The number of ether oxygens (including phenoxy) is 1. The van der Waals surface area contributed by atoms with Gasteiger partial charge in [-0.05, 0) is 12.1 Å². The number of nitrogens with two attached hydrogens (primary N) is 2. The molecule has 0 aromatic carbocycles. The van der Waals surface area contributed by atoms with Gasteiger partial charge >= 0.3 is 5.97 Å². The van der Waals surface area contributed by atoms with Gasteiger partial charge in [0.25, 0.3) is 5.95 Å². The predicted molar refractivity (Wildman–Crippen MR) is 102 cm³/mol. The zero-order valence-electron chi connectivity index (χ0n) is 15.4. The molecule has 0 aliphatic heterocycles. The van der Waals surface area contributed by atoms with Gasteiger partial charge in [-0.25, -0.2) is 32.7 Å². The second-order valence-electron chi connectivity index (χ2n) is 5.86. The van der Waals surface area contributed by atoms with Crippen molar-refractivity contribution in [2.45, 2.75) is 6.42 Å². The fraction of sp³-hybridized carbons (Fsp3) is 0.133. The minimum Gasteiger partial charge on any atom is -0.419 e. The first-order valence-corrected chi connectivity index (χ1v) is 9.97. The summed E-state index contributed by atoms with van der Waals surface area (Å²) in [5.41, 5.74) is 10.9. The van der Waals surface area contributed by atoms with E-state index in [4.69, 9.17) is 16.2 Å². The second kappa shape index (κ2) is 8.08. The number of guanidine groups is 1. The van der Waals surface area contributed by atoms with Crippen molar-refractivity contribution in [3.05, 3.63) is 42.1 Å². The lowest BCUT2D eigenvalue weighted by atomic mass is 10.2. The highest BCUT2D eigenvalue weighted by atomic mass is 32.2. The topological polar surface area (TPSA) is 210 Å². The Morgan fingerprint density at radius 1 is 1.20 bits per heavy atom. The standard InChI is InChI=1S/C15H15N9O5S/c1-30(27,28)23-11(25)4-9-2-3-10(12-20-7-21-24(9)12)29-13(26)8-5-18-15(19-6-8)22-14(16)17/h2-3,5-7H,4H2,1H3,(H,23,25)(H4,16,17,18,19,22). The molecule has 0 saturated heterocycles. The molecule has 3 aromatic rings. The number of sulfonamides is 1. The molecule has 0 aliphatic carbocycles. The Labute approximate surface area is 169 Å². The van der Waals surface area contributed by atoms with Crippen LogP contribution in [-0.2, 0) is 21.2 Å². The molecule has 0 radical (unpaired) electrons. The quantitative estimate of drug-likeness (QED) is 0.225. The van der Waals surface area contributed by atoms with Crippen LogP contribution in [0.2, 0.25) is 0 Å². The number of carbonyl (C=O) groups excluding carboxylic acids is 2. The molecule has 1 amide bonds. The fourth-order valence-electron chi connectivity index (χ4n) is 2.32. The maximum atomic E-state index is 12.4. The first kappa shape index (κ1) is 20.6. The van der Waals surface area contributed by atoms with E-state index in [0.717, 1.165) is 6.26 Å². The first-order chi connectivity index (χ1) is 14.1. The summed E-state index contributed by atoms with van der Waals surface area (Å²) in [6.45, 7) is 0. The Morgan fingerprint density at radius 2 is 1.90 bits per heavy atom. The number of aliphatic imine (C=N–C) groups is 1. The Balaban J connectivity index is 1.80. The van der Waals surface area contributed by atoms with Gasteiger partial charge in [0.1, 0.15) is 6.33 Å². The molecule has 5 N–H and O–H groups in total. The van der Waals surface area contributed by atoms with E-state index in [1.165, 1.54) is 35.4 Å². The van der Waals surface area contributed by atoms with Gasteiger partial charge in [-0.1, -0.05) is 0 Å². The van der Waals surface area contributed by atoms with Crippen molar-refractivity contribution in [2.75, 3.05) is 6.26 Å². The lowest BCUT2D eigenvalue weighted by Crippen LogP contribution is -2.31. The number of aromatic nitrogens is 5. The number of pyridine rings is 1. The molecular weight excluding hydrogens is 418 g/mol. The summed E-state index contributed by atoms with van der Waals surface area (Å²) in [4.78, 5) is 39.5. The number of carbonyl (C=O) groups is 2. The third kappa shape index (κ3) is 5.02. The van der Waals surface area contributed by atoms with E-state index < -0.39 is 21.9 Å². The Morgan fingerprint density at radius 3 is 2.53 bits per heavy atom. The highest BCUT2D eigenvalue weighted by Gasteiger charge is 2.17. The molecule has 0 fully saturated rings. The summed E-state index contributed by atoms with van der Waals surface area (Å²) >= 11 is 0. The van der Waals surface area contributed by atoms with Crippen LogP contribution >= 0.6 is 0 Å². The number of amides is 1. The number of esters is 1. The van der Waals surface area contributed by atoms with Crippen molar-refractivity contribution in [3.8, 4) is 5.75 Å². The number of nitrogens with one attached hydrogen (secondary N) is 1. The van der Waals surface area contributed by atoms with Crippen LogP contribution in [0.15, 0.2) is 35.8 Å². The molecule has 0 saturated carbocycles. The monoisotopic (exact) mass is 433 g/mol. The highest BCUT2D eigenvalue weighted by Crippen LogP contribution is 2.20. The predicted octanol–water partition coefficient (Wildman–Crippen LogP) is -1.74. The zero-order valence-corrected chi connectivity index (χ0v) is 16.2. The van der Waals surface area contributed by atoms with Crippen molar-refractivity contribution in [1.29, 1.82) is 0 Å². The van der Waals surface area contributed by atoms with Gasteiger partial charge in [0.15, 0.2) is 17.4 Å². The van der Waals surface area contributed by atoms with E-state index in [2.05, 4.69) is 25.0 Å². The molecule has 0 spiro atoms. The van der Waals surface area contributed by atoms with Gasteiger partial charge in [-0.3, -0.25) is 9.52 Å². The van der Waals surface area contributed by atoms with E-state index in [9.17, 15) is 18.0 Å². The van der Waals surface area contributed by atoms with Crippen LogP contribution in [0.4, 0.5) is 5.95 Å². The molecule has 0 unspecified atom stereocenters. The maximum absolute atomic E-state index is 12.4. The summed E-state index contributed by atoms with van der Waals surface area (Å²) in [5.74, 6) is -1.73. The lowest BCUT2D eigenvalue weighted by Gasteiger charge is -2.09. The number of hydrogen-bond acceptors (Lipinski definition) is 10. The highest BCUT2D eigenvalue weighted by molar-refractivity contribution is 7.89. The van der Waals surface area contributed by atoms with Crippen molar-refractivity contribution in [1.82, 2.24) is 29.3 Å². The van der Waals surface area contributed by atoms with Crippen LogP contribution in [0, 0.1) is 0 Å². The van der Waals surface area contributed by atoms with Gasteiger partial charge in [-0.2, -0.15) is 10.1 Å². The number of fused-ring (bicyclic) bond motifs is 1. The van der Waals surface area contributed by atoms with E-state index in [1.54, 1.807) is 0 Å². The third-order valence-electron chi connectivity index (χ3n) is 3.41. The molecule has 3 rings (SSSR count). The third-order valence-corrected chi connectivity index (χ3v) is 4.01. The summed E-state index contributed by atoms with van der Waals surface area (Å²) in [6, 6.07) is 2.85. The first-order valence-electron chi connectivity index (χ1n) is 8.08. The SMILES string of the molecule is CS(=O)(=O)NC(=O)Cc1ccc(OC(=O)c2cnc(N=C(N)N)nc2)c2ncnn12. The smallest absolute Gasteiger partial charge is 0.346 e. The number of hydrogen-bond donors (Lipinski definition) is 3. The number of nitrogens with zero attached hydrogens (tertiary/aromatic N) is 6. The second-order valence-corrected chi connectivity index (χ2v) is 7.60. The van der Waals surface area contributed by atoms with Gasteiger partial charge in [-0.15, -0.1) is 0 Å². The molecule has 156 valence electrons. The van der Waals surface area contributed by atoms with Crippen LogP contribution in [0.1, 0.15) is 16.1 Å². The van der Waals surface area contributed by atoms with Crippen molar-refractivity contribution >= 4 is 39.5 Å². The van der Waals surface area contributed by atoms with Crippen molar-refractivity contribution in [3.63, 3.8) is 0 Å². The van der Waals surface area contributed by atoms with Crippen LogP contribution < -0.4 is 20.9 Å². The molecule has 0 bridgehead atoms. The molecule has 3 heterocycles. The van der Waals surface area contributed by atoms with Crippen LogP contribution in [-0.4, -0.2) is 57.1 Å². The molecule has 15 heteroatoms. The van der Waals surface area contributed by atoms with Gasteiger partial charge in [0.2, 0.25) is 15.9 Å². The van der Waals surface area contributed by atoms with Crippen molar-refractivity contribution < 1.29 is 22.7 Å². The molecule has 0 aliphatic rings. The molecule has 30 heavy (non-hydrogen) atoms. The Kier molecular flexibility index (Phi) is 5.54. The molecule has 14 nitrogen and oxygen atoms in total. The van der Waals surface area contributed by atoms with Crippen LogP contribution in [0.25, 0.3) is 5.65 Å². The average molecular weight is 433 g/mol. The van der Waals surface area contributed by atoms with E-state index in [1.807, 2.05) is 4.72 Å². The van der Waals surface area contributed by atoms with Crippen LogP contribution in [0.5, 0.6) is 5.75 Å². The van der Waals surface area contributed by atoms with E-state index in [0.29, 0.717) is 5.69 Å². The normalized spacial score (nSPS) is 11.1. The summed E-state index contributed by atoms with van der Waals surface area (Å²) in [7, 11) is -3.70. The number of rotatable bonds is 6. The Bertz CT molecular complexity index is 1250. The van der Waals surface area contributed by atoms with E-state index in [-0.39, 0.29) is 35.3 Å². The maximum Gasteiger partial charge on any atom is 0.346 e. The van der Waals surface area contributed by atoms with Crippen molar-refractivity contribution in [2.24, 2.45) is 16.5 Å². The molecule has 3 aromatic heterocycles. The van der Waals surface area contributed by atoms with Crippen LogP contribution in [0.3, 0.4) is 0 Å². The lowest BCUT2D eigenvalue weighted by molar-refractivity contribution is -0.118.